The number of aliphatic hydroxyl groups excluding tert-OH is 1. The smallest absolute Gasteiger partial charge is 0.227 e. The van der Waals surface area contributed by atoms with Crippen molar-refractivity contribution in [2.24, 2.45) is 5.92 Å². The number of aliphatic hydroxyl groups is 1. The molecule has 3 rings (SSSR count). The van der Waals surface area contributed by atoms with Crippen molar-refractivity contribution in [1.82, 2.24) is 4.90 Å². The van der Waals surface area contributed by atoms with Gasteiger partial charge in [-0.1, -0.05) is 35.9 Å². The molecule has 1 heterocycles. The van der Waals surface area contributed by atoms with Crippen molar-refractivity contribution in [2.45, 2.75) is 25.9 Å². The first-order valence-electron chi connectivity index (χ1n) is 9.56. The van der Waals surface area contributed by atoms with E-state index < -0.39 is 6.10 Å². The summed E-state index contributed by atoms with van der Waals surface area (Å²) < 4.78 is 5.65. The molecule has 144 valence electrons. The molecule has 2 aromatic carbocycles. The number of para-hydroxylation sites is 1. The van der Waals surface area contributed by atoms with Crippen molar-refractivity contribution >= 4 is 11.6 Å². The van der Waals surface area contributed by atoms with E-state index in [1.165, 1.54) is 5.56 Å². The summed E-state index contributed by atoms with van der Waals surface area (Å²) in [4.78, 5) is 14.6. The van der Waals surface area contributed by atoms with Crippen LogP contribution in [0.2, 0.25) is 0 Å². The Hall–Kier alpha value is -2.37. The highest BCUT2D eigenvalue weighted by atomic mass is 16.5. The van der Waals surface area contributed by atoms with Crippen molar-refractivity contribution < 1.29 is 14.6 Å². The fourth-order valence-corrected chi connectivity index (χ4v) is 3.32. The molecule has 0 radical (unpaired) electrons. The molecule has 2 N–H and O–H groups in total. The molecule has 0 saturated carbocycles. The van der Waals surface area contributed by atoms with Gasteiger partial charge in [-0.3, -0.25) is 4.79 Å². The van der Waals surface area contributed by atoms with E-state index in [1.807, 2.05) is 61.5 Å². The van der Waals surface area contributed by atoms with Gasteiger partial charge >= 0.3 is 0 Å². The van der Waals surface area contributed by atoms with E-state index >= 15 is 0 Å². The Morgan fingerprint density at radius 1 is 1.15 bits per heavy atom. The summed E-state index contributed by atoms with van der Waals surface area (Å²) in [5.74, 6) is 0.891. The Kier molecular flexibility index (Phi) is 6.85. The predicted molar refractivity (Wildman–Crippen MR) is 107 cm³/mol. The van der Waals surface area contributed by atoms with Crippen molar-refractivity contribution in [2.75, 3.05) is 31.6 Å². The molecule has 0 unspecified atom stereocenters. The van der Waals surface area contributed by atoms with Gasteiger partial charge in [0.05, 0.1) is 0 Å². The van der Waals surface area contributed by atoms with Crippen molar-refractivity contribution in [1.29, 1.82) is 0 Å². The van der Waals surface area contributed by atoms with E-state index in [2.05, 4.69) is 10.2 Å². The van der Waals surface area contributed by atoms with Crippen LogP contribution in [-0.2, 0) is 4.79 Å². The molecule has 1 saturated heterocycles. The number of nitrogens with zero attached hydrogens (tertiary/aromatic N) is 1. The molecule has 0 bridgehead atoms. The average Bonchev–Trinajstić information content (AvgIpc) is 2.69. The highest BCUT2D eigenvalue weighted by molar-refractivity contribution is 5.92. The molecule has 1 aliphatic heterocycles. The molecule has 1 fully saturated rings. The average molecular weight is 368 g/mol. The van der Waals surface area contributed by atoms with Crippen LogP contribution in [0.15, 0.2) is 54.6 Å². The number of rotatable bonds is 7. The second-order valence-corrected chi connectivity index (χ2v) is 7.21. The number of β-amino-alcohol motifs (C(OH)–C–C–N with tert-alkyl or cyclic N) is 1. The SMILES string of the molecule is Cc1ccc(OC[C@@H](O)CN2CCC(C(=O)Nc3ccccc3)CC2)cc1. The third kappa shape index (κ3) is 6.08. The zero-order valence-corrected chi connectivity index (χ0v) is 15.8. The topological polar surface area (TPSA) is 61.8 Å². The van der Waals surface area contributed by atoms with Gasteiger partial charge in [-0.2, -0.15) is 0 Å². The Balaban J connectivity index is 1.37. The standard InChI is InChI=1S/C22H28N2O3/c1-17-7-9-21(10-8-17)27-16-20(25)15-24-13-11-18(12-14-24)22(26)23-19-5-3-2-4-6-19/h2-10,18,20,25H,11-16H2,1H3,(H,23,26)/t20-/m0/s1. The molecular formula is C22H28N2O3. The van der Waals surface area contributed by atoms with E-state index in [9.17, 15) is 9.90 Å². The maximum absolute atomic E-state index is 12.4. The normalized spacial score (nSPS) is 16.7. The van der Waals surface area contributed by atoms with Crippen molar-refractivity contribution in [3.63, 3.8) is 0 Å². The maximum Gasteiger partial charge on any atom is 0.227 e. The van der Waals surface area contributed by atoms with Crippen LogP contribution in [0, 0.1) is 12.8 Å². The molecule has 1 amide bonds. The first-order valence-corrected chi connectivity index (χ1v) is 9.56. The van der Waals surface area contributed by atoms with Gasteiger partial charge in [0.25, 0.3) is 0 Å². The minimum atomic E-state index is -0.541. The fraction of sp³-hybridized carbons (Fsp3) is 0.409. The van der Waals surface area contributed by atoms with Crippen LogP contribution in [-0.4, -0.2) is 48.3 Å². The van der Waals surface area contributed by atoms with Crippen molar-refractivity contribution in [3.05, 3.63) is 60.2 Å². The number of benzene rings is 2. The van der Waals surface area contributed by atoms with Gasteiger partial charge in [-0.25, -0.2) is 0 Å². The van der Waals surface area contributed by atoms with Gasteiger partial charge in [-0.15, -0.1) is 0 Å². The summed E-state index contributed by atoms with van der Waals surface area (Å²) in [6.45, 7) is 4.50. The molecular weight excluding hydrogens is 340 g/mol. The molecule has 0 spiro atoms. The Bertz CT molecular complexity index is 710. The summed E-state index contributed by atoms with van der Waals surface area (Å²) in [6, 6.07) is 17.4. The van der Waals surface area contributed by atoms with Gasteiger partial charge in [0, 0.05) is 18.2 Å². The summed E-state index contributed by atoms with van der Waals surface area (Å²) >= 11 is 0. The van der Waals surface area contributed by atoms with Crippen molar-refractivity contribution in [3.8, 4) is 5.75 Å². The summed E-state index contributed by atoms with van der Waals surface area (Å²) in [6.07, 6.45) is 1.08. The number of carbonyl (C=O) groups is 1. The van der Waals surface area contributed by atoms with Gasteiger partial charge in [0.2, 0.25) is 5.91 Å². The molecule has 0 aromatic heterocycles. The number of hydrogen-bond acceptors (Lipinski definition) is 4. The summed E-state index contributed by atoms with van der Waals surface area (Å²) in [5, 5.41) is 13.2. The minimum absolute atomic E-state index is 0.0300. The number of carbonyl (C=O) groups excluding carboxylic acids is 1. The summed E-state index contributed by atoms with van der Waals surface area (Å²) in [5.41, 5.74) is 2.02. The molecule has 5 nitrogen and oxygen atoms in total. The number of aryl methyl sites for hydroxylation is 1. The quantitative estimate of drug-likeness (QED) is 0.788. The highest BCUT2D eigenvalue weighted by Crippen LogP contribution is 2.20. The molecule has 0 aliphatic carbocycles. The lowest BCUT2D eigenvalue weighted by Crippen LogP contribution is -2.42. The molecule has 1 aliphatic rings. The molecule has 5 heteroatoms. The first-order chi connectivity index (χ1) is 13.1. The number of piperidine rings is 1. The largest absolute Gasteiger partial charge is 0.491 e. The second kappa shape index (κ2) is 9.53. The van der Waals surface area contributed by atoms with Crippen LogP contribution in [0.1, 0.15) is 18.4 Å². The van der Waals surface area contributed by atoms with E-state index in [0.29, 0.717) is 6.54 Å². The van der Waals surface area contributed by atoms with E-state index in [-0.39, 0.29) is 18.4 Å². The third-order valence-corrected chi connectivity index (χ3v) is 4.93. The summed E-state index contributed by atoms with van der Waals surface area (Å²) in [7, 11) is 0. The second-order valence-electron chi connectivity index (χ2n) is 7.21. The number of hydrogen-bond donors (Lipinski definition) is 2. The number of amides is 1. The van der Waals surface area contributed by atoms with E-state index in [0.717, 1.165) is 37.4 Å². The van der Waals surface area contributed by atoms with Gasteiger partial charge in [0.15, 0.2) is 0 Å². The highest BCUT2D eigenvalue weighted by Gasteiger charge is 2.26. The Morgan fingerprint density at radius 3 is 2.48 bits per heavy atom. The van der Waals surface area contributed by atoms with Crippen LogP contribution < -0.4 is 10.1 Å². The number of ether oxygens (including phenoxy) is 1. The first kappa shape index (κ1) is 19.4. The zero-order chi connectivity index (χ0) is 19.1. The molecule has 27 heavy (non-hydrogen) atoms. The van der Waals surface area contributed by atoms with Crippen LogP contribution in [0.4, 0.5) is 5.69 Å². The molecule has 2 aromatic rings. The van der Waals surface area contributed by atoms with Gasteiger partial charge in [0.1, 0.15) is 18.5 Å². The monoisotopic (exact) mass is 368 g/mol. The van der Waals surface area contributed by atoms with Crippen LogP contribution in [0.5, 0.6) is 5.75 Å². The minimum Gasteiger partial charge on any atom is -0.491 e. The lowest BCUT2D eigenvalue weighted by atomic mass is 9.95. The van der Waals surface area contributed by atoms with Crippen LogP contribution in [0.3, 0.4) is 0 Å². The number of nitrogens with one attached hydrogen (secondary N) is 1. The third-order valence-electron chi connectivity index (χ3n) is 4.93. The van der Waals surface area contributed by atoms with Gasteiger partial charge in [-0.05, 0) is 57.1 Å². The van der Waals surface area contributed by atoms with E-state index in [4.69, 9.17) is 4.74 Å². The number of anilines is 1. The van der Waals surface area contributed by atoms with Gasteiger partial charge < -0.3 is 20.1 Å². The Morgan fingerprint density at radius 2 is 1.81 bits per heavy atom. The number of likely N-dealkylation sites (tertiary alicyclic amines) is 1. The predicted octanol–water partition coefficient (Wildman–Crippen LogP) is 3.09. The maximum atomic E-state index is 12.4. The lowest BCUT2D eigenvalue weighted by Gasteiger charge is -2.32. The van der Waals surface area contributed by atoms with Crippen LogP contribution >= 0.6 is 0 Å². The zero-order valence-electron chi connectivity index (χ0n) is 15.8. The molecule has 1 atom stereocenters. The van der Waals surface area contributed by atoms with Crippen LogP contribution in [0.25, 0.3) is 0 Å². The fourth-order valence-electron chi connectivity index (χ4n) is 3.32. The lowest BCUT2D eigenvalue weighted by molar-refractivity contribution is -0.121. The van der Waals surface area contributed by atoms with E-state index in [1.54, 1.807) is 0 Å². The Labute approximate surface area is 161 Å².